The highest BCUT2D eigenvalue weighted by Gasteiger charge is 2.37. The number of methoxy groups -OCH3 is 1. The molecule has 19 heavy (non-hydrogen) atoms. The van der Waals surface area contributed by atoms with E-state index >= 15 is 0 Å². The first-order valence-electron chi connectivity index (χ1n) is 5.73. The Morgan fingerprint density at radius 3 is 2.84 bits per heavy atom. The third-order valence-electron chi connectivity index (χ3n) is 2.71. The Kier molecular flexibility index (Phi) is 4.35. The molecule has 3 atom stereocenters. The molecule has 0 aliphatic carbocycles. The summed E-state index contributed by atoms with van der Waals surface area (Å²) in [7, 11) is 1.44. The van der Waals surface area contributed by atoms with Crippen LogP contribution < -0.4 is 0 Å². The van der Waals surface area contributed by atoms with Crippen molar-refractivity contribution in [1.82, 2.24) is 0 Å². The first-order chi connectivity index (χ1) is 9.24. The molecule has 0 spiro atoms. The van der Waals surface area contributed by atoms with Crippen LogP contribution in [0.3, 0.4) is 0 Å². The minimum Gasteiger partial charge on any atom is -0.432 e. The Morgan fingerprint density at radius 2 is 2.21 bits per heavy atom. The van der Waals surface area contributed by atoms with Gasteiger partial charge in [0.2, 0.25) is 6.29 Å². The van der Waals surface area contributed by atoms with Crippen molar-refractivity contribution in [2.45, 2.75) is 25.0 Å². The lowest BCUT2D eigenvalue weighted by molar-refractivity contribution is -0.178. The fourth-order valence-corrected chi connectivity index (χ4v) is 1.82. The van der Waals surface area contributed by atoms with Crippen LogP contribution in [0.25, 0.3) is 10.4 Å². The highest BCUT2D eigenvalue weighted by Crippen LogP contribution is 2.25. The van der Waals surface area contributed by atoms with E-state index in [0.29, 0.717) is 5.56 Å². The van der Waals surface area contributed by atoms with Crippen LogP contribution >= 0.6 is 0 Å². The summed E-state index contributed by atoms with van der Waals surface area (Å²) in [4.78, 5) is 14.5. The smallest absolute Gasteiger partial charge is 0.340 e. The SMILES string of the molecule is COC1O[C@@H](OC(=O)c2ccccc2)C[C@H]1N=[N+]=[N-]. The van der Waals surface area contributed by atoms with Crippen LogP contribution in [0.5, 0.6) is 0 Å². The van der Waals surface area contributed by atoms with Gasteiger partial charge in [0.1, 0.15) is 0 Å². The molecule has 0 bridgehead atoms. The molecule has 1 aromatic rings. The summed E-state index contributed by atoms with van der Waals surface area (Å²) >= 11 is 0. The lowest BCUT2D eigenvalue weighted by Crippen LogP contribution is -2.21. The highest BCUT2D eigenvalue weighted by molar-refractivity contribution is 5.89. The maximum Gasteiger partial charge on any atom is 0.340 e. The first kappa shape index (κ1) is 13.4. The third-order valence-corrected chi connectivity index (χ3v) is 2.71. The molecule has 0 amide bonds. The largest absolute Gasteiger partial charge is 0.432 e. The van der Waals surface area contributed by atoms with Gasteiger partial charge in [-0.2, -0.15) is 0 Å². The molecule has 7 nitrogen and oxygen atoms in total. The zero-order valence-corrected chi connectivity index (χ0v) is 10.3. The quantitative estimate of drug-likeness (QED) is 0.360. The first-order valence-corrected chi connectivity index (χ1v) is 5.73. The Bertz CT molecular complexity index is 487. The van der Waals surface area contributed by atoms with Crippen LogP contribution in [0.2, 0.25) is 0 Å². The Hall–Kier alpha value is -2.08. The predicted molar refractivity (Wildman–Crippen MR) is 65.1 cm³/mol. The van der Waals surface area contributed by atoms with Gasteiger partial charge in [-0.1, -0.05) is 23.3 Å². The van der Waals surface area contributed by atoms with E-state index in [4.69, 9.17) is 19.7 Å². The van der Waals surface area contributed by atoms with E-state index in [1.807, 2.05) is 6.07 Å². The summed E-state index contributed by atoms with van der Waals surface area (Å²) in [6.45, 7) is 0. The lowest BCUT2D eigenvalue weighted by atomic mass is 10.2. The Morgan fingerprint density at radius 1 is 1.47 bits per heavy atom. The molecule has 100 valence electrons. The van der Waals surface area contributed by atoms with E-state index in [9.17, 15) is 4.79 Å². The molecule has 1 saturated heterocycles. The summed E-state index contributed by atoms with van der Waals surface area (Å²) < 4.78 is 15.5. The van der Waals surface area contributed by atoms with Gasteiger partial charge in [-0.3, -0.25) is 0 Å². The summed E-state index contributed by atoms with van der Waals surface area (Å²) in [6.07, 6.45) is -1.18. The summed E-state index contributed by atoms with van der Waals surface area (Å²) in [5, 5.41) is 3.55. The number of azide groups is 1. The molecule has 1 heterocycles. The zero-order chi connectivity index (χ0) is 13.7. The summed E-state index contributed by atoms with van der Waals surface area (Å²) in [6, 6.07) is 8.09. The van der Waals surface area contributed by atoms with Crippen LogP contribution in [-0.4, -0.2) is 31.7 Å². The summed E-state index contributed by atoms with van der Waals surface area (Å²) in [5.41, 5.74) is 8.86. The minimum absolute atomic E-state index is 0.279. The normalized spacial score (nSPS) is 25.6. The zero-order valence-electron chi connectivity index (χ0n) is 10.3. The second-order valence-corrected chi connectivity index (χ2v) is 3.95. The Labute approximate surface area is 109 Å². The van der Waals surface area contributed by atoms with E-state index in [1.165, 1.54) is 7.11 Å². The lowest BCUT2D eigenvalue weighted by Gasteiger charge is -2.13. The van der Waals surface area contributed by atoms with Crippen molar-refractivity contribution >= 4 is 5.97 Å². The average molecular weight is 263 g/mol. The number of carbonyl (C=O) groups excluding carboxylic acids is 1. The van der Waals surface area contributed by atoms with Crippen molar-refractivity contribution in [3.63, 3.8) is 0 Å². The van der Waals surface area contributed by atoms with Gasteiger partial charge in [-0.15, -0.1) is 0 Å². The molecule has 0 aromatic heterocycles. The fourth-order valence-electron chi connectivity index (χ4n) is 1.82. The molecule has 1 aromatic carbocycles. The standard InChI is InChI=1S/C12H13N3O4/c1-17-12-9(14-15-13)7-10(19-12)18-11(16)8-5-3-2-4-6-8/h2-6,9-10,12H,7H2,1H3/t9-,10-,12?/m1/s1. The van der Waals surface area contributed by atoms with Gasteiger partial charge in [-0.05, 0) is 17.7 Å². The van der Waals surface area contributed by atoms with E-state index < -0.39 is 24.6 Å². The van der Waals surface area contributed by atoms with Crippen molar-refractivity contribution < 1.29 is 19.0 Å². The van der Waals surface area contributed by atoms with Crippen molar-refractivity contribution in [3.05, 3.63) is 46.3 Å². The predicted octanol–water partition coefficient (Wildman–Crippen LogP) is 2.24. The topological polar surface area (TPSA) is 93.5 Å². The van der Waals surface area contributed by atoms with Crippen LogP contribution in [0.1, 0.15) is 16.8 Å². The van der Waals surface area contributed by atoms with Gasteiger partial charge in [-0.25, -0.2) is 4.79 Å². The van der Waals surface area contributed by atoms with Gasteiger partial charge in [0, 0.05) is 18.4 Å². The number of rotatable bonds is 4. The van der Waals surface area contributed by atoms with Crippen molar-refractivity contribution in [2.75, 3.05) is 7.11 Å². The van der Waals surface area contributed by atoms with Crippen molar-refractivity contribution in [3.8, 4) is 0 Å². The third kappa shape index (κ3) is 3.23. The average Bonchev–Trinajstić information content (AvgIpc) is 2.82. The second kappa shape index (κ2) is 6.19. The molecular formula is C12H13N3O4. The van der Waals surface area contributed by atoms with Crippen LogP contribution in [-0.2, 0) is 14.2 Å². The van der Waals surface area contributed by atoms with Crippen molar-refractivity contribution in [2.24, 2.45) is 5.11 Å². The van der Waals surface area contributed by atoms with Gasteiger partial charge in [0.05, 0.1) is 11.6 Å². The molecule has 1 aliphatic rings. The van der Waals surface area contributed by atoms with Gasteiger partial charge in [0.15, 0.2) is 6.29 Å². The number of esters is 1. The Balaban J connectivity index is 1.97. The van der Waals surface area contributed by atoms with Gasteiger partial charge >= 0.3 is 5.97 Å². The molecule has 1 fully saturated rings. The summed E-state index contributed by atoms with van der Waals surface area (Å²) in [5.74, 6) is -0.484. The highest BCUT2D eigenvalue weighted by atomic mass is 16.8. The molecule has 7 heteroatoms. The molecule has 1 unspecified atom stereocenters. The number of ether oxygens (including phenoxy) is 3. The molecule has 2 rings (SSSR count). The van der Waals surface area contributed by atoms with E-state index in [2.05, 4.69) is 10.0 Å². The van der Waals surface area contributed by atoms with Gasteiger partial charge in [0.25, 0.3) is 0 Å². The van der Waals surface area contributed by atoms with E-state index in [-0.39, 0.29) is 6.42 Å². The molecule has 0 radical (unpaired) electrons. The number of hydrogen-bond donors (Lipinski definition) is 0. The minimum atomic E-state index is -0.770. The number of carbonyl (C=O) groups is 1. The fraction of sp³-hybridized carbons (Fsp3) is 0.417. The van der Waals surface area contributed by atoms with E-state index in [1.54, 1.807) is 24.3 Å². The van der Waals surface area contributed by atoms with Crippen LogP contribution in [0.15, 0.2) is 35.4 Å². The number of nitrogens with zero attached hydrogens (tertiary/aromatic N) is 3. The van der Waals surface area contributed by atoms with Gasteiger partial charge < -0.3 is 14.2 Å². The van der Waals surface area contributed by atoms with Crippen LogP contribution in [0.4, 0.5) is 0 Å². The molecular weight excluding hydrogens is 250 g/mol. The molecule has 1 aliphatic heterocycles. The van der Waals surface area contributed by atoms with Crippen molar-refractivity contribution in [1.29, 1.82) is 0 Å². The van der Waals surface area contributed by atoms with Crippen LogP contribution in [0, 0.1) is 0 Å². The second-order valence-electron chi connectivity index (χ2n) is 3.95. The molecule has 0 N–H and O–H groups in total. The monoisotopic (exact) mass is 263 g/mol. The number of hydrogen-bond acceptors (Lipinski definition) is 5. The van der Waals surface area contributed by atoms with E-state index in [0.717, 1.165) is 0 Å². The molecule has 0 saturated carbocycles. The number of benzene rings is 1. The maximum atomic E-state index is 11.8. The maximum absolute atomic E-state index is 11.8.